The molecule has 0 atom stereocenters. The Labute approximate surface area is 64.1 Å². The molecule has 0 saturated heterocycles. The zero-order chi connectivity index (χ0) is 8.41. The van der Waals surface area contributed by atoms with E-state index in [0.717, 1.165) is 0 Å². The molecule has 0 heterocycles. The van der Waals surface area contributed by atoms with Crippen LogP contribution in [0.5, 0.6) is 0 Å². The lowest BCUT2D eigenvalue weighted by Gasteiger charge is -2.32. The maximum Gasteiger partial charge on any atom is 0.115 e. The summed E-state index contributed by atoms with van der Waals surface area (Å²) >= 11 is 0. The molecule has 0 N–H and O–H groups in total. The fourth-order valence-corrected chi connectivity index (χ4v) is 1.09. The molecule has 0 radical (unpaired) electrons. The van der Waals surface area contributed by atoms with Gasteiger partial charge in [0.15, 0.2) is 0 Å². The van der Waals surface area contributed by atoms with E-state index in [9.17, 15) is 4.79 Å². The SMILES string of the molecule is CC(C)(C)[Si](C)(C)C=C=O. The van der Waals surface area contributed by atoms with Crippen LogP contribution in [0.4, 0.5) is 0 Å². The van der Waals surface area contributed by atoms with Crippen LogP contribution in [0.3, 0.4) is 0 Å². The molecule has 0 aliphatic heterocycles. The van der Waals surface area contributed by atoms with E-state index in [4.69, 9.17) is 0 Å². The summed E-state index contributed by atoms with van der Waals surface area (Å²) in [6.07, 6.45) is 0. The van der Waals surface area contributed by atoms with Crippen LogP contribution in [0.2, 0.25) is 18.1 Å². The van der Waals surface area contributed by atoms with Crippen molar-refractivity contribution in [2.24, 2.45) is 0 Å². The molecule has 0 aliphatic rings. The molecular formula is C8H16OSi. The number of carbonyl (C=O) groups excluding carboxylic acids is 1. The molecule has 0 aromatic carbocycles. The van der Waals surface area contributed by atoms with Gasteiger partial charge in [-0.15, -0.1) is 0 Å². The summed E-state index contributed by atoms with van der Waals surface area (Å²) in [6, 6.07) is 0. The normalized spacial score (nSPS) is 12.5. The molecule has 0 unspecified atom stereocenters. The van der Waals surface area contributed by atoms with E-state index in [-0.39, 0.29) is 5.04 Å². The molecule has 10 heavy (non-hydrogen) atoms. The first kappa shape index (κ1) is 9.67. The van der Waals surface area contributed by atoms with E-state index in [1.807, 2.05) is 5.94 Å². The van der Waals surface area contributed by atoms with Crippen molar-refractivity contribution in [2.45, 2.75) is 38.9 Å². The fraction of sp³-hybridized carbons (Fsp3) is 0.750. The number of rotatable bonds is 1. The van der Waals surface area contributed by atoms with Gasteiger partial charge in [-0.3, -0.25) is 0 Å². The van der Waals surface area contributed by atoms with Crippen LogP contribution < -0.4 is 0 Å². The smallest absolute Gasteiger partial charge is 0.115 e. The topological polar surface area (TPSA) is 17.1 Å². The molecule has 0 aromatic rings. The van der Waals surface area contributed by atoms with Gasteiger partial charge in [-0.05, 0) is 10.7 Å². The molecule has 0 aliphatic carbocycles. The minimum Gasteiger partial charge on any atom is -0.234 e. The van der Waals surface area contributed by atoms with Crippen LogP contribution in [-0.2, 0) is 4.79 Å². The first-order chi connectivity index (χ1) is 4.31. The maximum absolute atomic E-state index is 10.1. The summed E-state index contributed by atoms with van der Waals surface area (Å²) < 4.78 is 0. The zero-order valence-electron chi connectivity index (χ0n) is 7.49. The Morgan fingerprint density at radius 1 is 1.30 bits per heavy atom. The fourth-order valence-electron chi connectivity index (χ4n) is 0.364. The van der Waals surface area contributed by atoms with Gasteiger partial charge in [0.05, 0.1) is 8.07 Å². The molecule has 0 rings (SSSR count). The van der Waals surface area contributed by atoms with Crippen LogP contribution in [0.1, 0.15) is 20.8 Å². The average Bonchev–Trinajstić information content (AvgIpc) is 1.61. The van der Waals surface area contributed by atoms with Gasteiger partial charge in [0.25, 0.3) is 0 Å². The summed E-state index contributed by atoms with van der Waals surface area (Å²) in [5.74, 6) is 1.90. The van der Waals surface area contributed by atoms with Gasteiger partial charge in [-0.2, -0.15) is 0 Å². The molecule has 0 bridgehead atoms. The Morgan fingerprint density at radius 3 is 1.80 bits per heavy atom. The van der Waals surface area contributed by atoms with Crippen molar-refractivity contribution in [3.8, 4) is 0 Å². The molecule has 0 saturated carbocycles. The van der Waals surface area contributed by atoms with Crippen molar-refractivity contribution < 1.29 is 4.79 Å². The summed E-state index contributed by atoms with van der Waals surface area (Å²) in [5, 5.41) is 0.268. The van der Waals surface area contributed by atoms with Crippen molar-refractivity contribution in [3.63, 3.8) is 0 Å². The van der Waals surface area contributed by atoms with Crippen LogP contribution in [0.15, 0.2) is 5.70 Å². The third-order valence-corrected chi connectivity index (χ3v) is 7.06. The zero-order valence-corrected chi connectivity index (χ0v) is 8.49. The van der Waals surface area contributed by atoms with E-state index in [2.05, 4.69) is 33.9 Å². The number of hydrogen-bond acceptors (Lipinski definition) is 1. The summed E-state index contributed by atoms with van der Waals surface area (Å²) in [4.78, 5) is 10.1. The molecular weight excluding hydrogens is 140 g/mol. The van der Waals surface area contributed by atoms with Gasteiger partial charge < -0.3 is 0 Å². The highest BCUT2D eigenvalue weighted by atomic mass is 28.3. The highest BCUT2D eigenvalue weighted by Crippen LogP contribution is 2.35. The average molecular weight is 156 g/mol. The van der Waals surface area contributed by atoms with E-state index in [0.29, 0.717) is 0 Å². The Kier molecular flexibility index (Phi) is 2.64. The molecule has 0 fully saturated rings. The molecule has 1 nitrogen and oxygen atoms in total. The van der Waals surface area contributed by atoms with Crippen molar-refractivity contribution >= 4 is 14.0 Å². The third kappa shape index (κ3) is 2.12. The van der Waals surface area contributed by atoms with Crippen molar-refractivity contribution in [1.29, 1.82) is 0 Å². The second kappa shape index (κ2) is 2.73. The highest BCUT2D eigenvalue weighted by Gasteiger charge is 2.32. The quantitative estimate of drug-likeness (QED) is 0.421. The maximum atomic E-state index is 10.1. The predicted octanol–water partition coefficient (Wildman–Crippen LogP) is 2.42. The van der Waals surface area contributed by atoms with Crippen molar-refractivity contribution in [3.05, 3.63) is 5.70 Å². The lowest BCUT2D eigenvalue weighted by Crippen LogP contribution is -2.35. The molecule has 58 valence electrons. The predicted molar refractivity (Wildman–Crippen MR) is 47.5 cm³/mol. The second-order valence-corrected chi connectivity index (χ2v) is 9.47. The van der Waals surface area contributed by atoms with Crippen LogP contribution in [0.25, 0.3) is 0 Å². The van der Waals surface area contributed by atoms with Crippen LogP contribution in [-0.4, -0.2) is 14.0 Å². The first-order valence-electron chi connectivity index (χ1n) is 3.53. The molecule has 2 heteroatoms. The van der Waals surface area contributed by atoms with Gasteiger partial charge in [0.2, 0.25) is 0 Å². The summed E-state index contributed by atoms with van der Waals surface area (Å²) in [7, 11) is -1.45. The van der Waals surface area contributed by atoms with E-state index < -0.39 is 8.07 Å². The Hall–Kier alpha value is -0.333. The van der Waals surface area contributed by atoms with Crippen LogP contribution >= 0.6 is 0 Å². The minimum atomic E-state index is -1.45. The van der Waals surface area contributed by atoms with E-state index >= 15 is 0 Å². The summed E-state index contributed by atoms with van der Waals surface area (Å²) in [5.41, 5.74) is 1.73. The monoisotopic (exact) mass is 156 g/mol. The Bertz CT molecular complexity index is 159. The largest absolute Gasteiger partial charge is 0.234 e. The van der Waals surface area contributed by atoms with Gasteiger partial charge in [-0.25, -0.2) is 4.79 Å². The van der Waals surface area contributed by atoms with Crippen molar-refractivity contribution in [2.75, 3.05) is 0 Å². The van der Waals surface area contributed by atoms with Crippen LogP contribution in [0, 0.1) is 0 Å². The first-order valence-corrected chi connectivity index (χ1v) is 6.61. The second-order valence-electron chi connectivity index (χ2n) is 4.23. The lowest BCUT2D eigenvalue weighted by atomic mass is 10.2. The van der Waals surface area contributed by atoms with Gasteiger partial charge in [0.1, 0.15) is 5.94 Å². The van der Waals surface area contributed by atoms with Gasteiger partial charge in [-0.1, -0.05) is 33.9 Å². The van der Waals surface area contributed by atoms with E-state index in [1.165, 1.54) is 0 Å². The summed E-state index contributed by atoms with van der Waals surface area (Å²) in [6.45, 7) is 10.9. The number of hydrogen-bond donors (Lipinski definition) is 0. The standard InChI is InChI=1S/C8H16OSi/c1-8(2,3)10(4,5)7-6-9/h7H,1-5H3. The third-order valence-electron chi connectivity index (χ3n) is 2.35. The van der Waals surface area contributed by atoms with Gasteiger partial charge in [0, 0.05) is 0 Å². The Morgan fingerprint density at radius 2 is 1.70 bits per heavy atom. The molecule has 0 spiro atoms. The molecule has 0 aromatic heterocycles. The minimum absolute atomic E-state index is 0.268. The van der Waals surface area contributed by atoms with Gasteiger partial charge >= 0.3 is 0 Å². The Balaban J connectivity index is 4.56. The van der Waals surface area contributed by atoms with Crippen molar-refractivity contribution in [1.82, 2.24) is 0 Å². The highest BCUT2D eigenvalue weighted by molar-refractivity contribution is 6.85. The lowest BCUT2D eigenvalue weighted by molar-refractivity contribution is 0.569. The molecule has 0 amide bonds. The van der Waals surface area contributed by atoms with E-state index in [1.54, 1.807) is 5.70 Å².